The number of benzene rings is 1. The zero-order valence-corrected chi connectivity index (χ0v) is 17.6. The van der Waals surface area contributed by atoms with Gasteiger partial charge < -0.3 is 19.3 Å². The fourth-order valence-corrected chi connectivity index (χ4v) is 4.88. The Morgan fingerprint density at radius 3 is 2.19 bits per heavy atom. The SMILES string of the molecule is COC1(c2ccc(C(=O)N3CC4CN(c5ccc(C(F)(F)F)cn5)CC4C3)cc2)COC1. The molecule has 3 saturated heterocycles. The van der Waals surface area contributed by atoms with Crippen LogP contribution in [0.1, 0.15) is 21.5 Å². The third kappa shape index (κ3) is 3.63. The number of methoxy groups -OCH3 is 1. The van der Waals surface area contributed by atoms with Crippen molar-refractivity contribution >= 4 is 11.7 Å². The van der Waals surface area contributed by atoms with Crippen molar-refractivity contribution in [1.82, 2.24) is 9.88 Å². The topological polar surface area (TPSA) is 54.9 Å². The fraction of sp³-hybridized carbons (Fsp3) is 0.478. The molecule has 0 aliphatic carbocycles. The first kappa shape index (κ1) is 21.2. The maximum atomic E-state index is 13.0. The summed E-state index contributed by atoms with van der Waals surface area (Å²) in [6.07, 6.45) is -3.51. The zero-order chi connectivity index (χ0) is 22.5. The monoisotopic (exact) mass is 447 g/mol. The third-order valence-electron chi connectivity index (χ3n) is 6.89. The van der Waals surface area contributed by atoms with Gasteiger partial charge in [-0.25, -0.2) is 4.98 Å². The number of amides is 1. The van der Waals surface area contributed by atoms with Gasteiger partial charge in [-0.2, -0.15) is 13.2 Å². The van der Waals surface area contributed by atoms with Gasteiger partial charge in [-0.1, -0.05) is 12.1 Å². The molecule has 2 unspecified atom stereocenters. The first-order valence-electron chi connectivity index (χ1n) is 10.6. The number of pyridine rings is 1. The molecule has 4 heterocycles. The van der Waals surface area contributed by atoms with Gasteiger partial charge in [-0.3, -0.25) is 4.79 Å². The van der Waals surface area contributed by atoms with Crippen molar-refractivity contribution in [3.8, 4) is 0 Å². The molecular weight excluding hydrogens is 423 g/mol. The number of ether oxygens (including phenoxy) is 2. The second-order valence-electron chi connectivity index (χ2n) is 8.81. The van der Waals surface area contributed by atoms with Crippen LogP contribution in [0.2, 0.25) is 0 Å². The molecule has 32 heavy (non-hydrogen) atoms. The first-order chi connectivity index (χ1) is 15.3. The number of fused-ring (bicyclic) bond motifs is 1. The second kappa shape index (κ2) is 7.74. The molecule has 0 saturated carbocycles. The van der Waals surface area contributed by atoms with E-state index in [2.05, 4.69) is 4.98 Å². The van der Waals surface area contributed by atoms with E-state index in [1.54, 1.807) is 7.11 Å². The normalized spacial score (nSPS) is 24.4. The average molecular weight is 447 g/mol. The number of hydrogen-bond acceptors (Lipinski definition) is 5. The Balaban J connectivity index is 1.20. The van der Waals surface area contributed by atoms with Crippen molar-refractivity contribution in [2.75, 3.05) is 51.4 Å². The van der Waals surface area contributed by atoms with Crippen LogP contribution in [0.25, 0.3) is 0 Å². The van der Waals surface area contributed by atoms with Gasteiger partial charge in [-0.15, -0.1) is 0 Å². The summed E-state index contributed by atoms with van der Waals surface area (Å²) in [6, 6.07) is 10.0. The molecule has 1 aromatic carbocycles. The van der Waals surface area contributed by atoms with Gasteiger partial charge in [0.25, 0.3) is 5.91 Å². The number of alkyl halides is 3. The summed E-state index contributed by atoms with van der Waals surface area (Å²) < 4.78 is 49.2. The smallest absolute Gasteiger partial charge is 0.375 e. The summed E-state index contributed by atoms with van der Waals surface area (Å²) in [5, 5.41) is 0. The number of nitrogens with zero attached hydrogens (tertiary/aromatic N) is 3. The molecule has 6 nitrogen and oxygen atoms in total. The van der Waals surface area contributed by atoms with Gasteiger partial charge in [0, 0.05) is 56.9 Å². The van der Waals surface area contributed by atoms with Gasteiger partial charge in [0.2, 0.25) is 0 Å². The molecule has 170 valence electrons. The Labute approximate surface area is 183 Å². The van der Waals surface area contributed by atoms with E-state index in [1.165, 1.54) is 6.07 Å². The maximum absolute atomic E-state index is 13.0. The van der Waals surface area contributed by atoms with E-state index in [9.17, 15) is 18.0 Å². The lowest BCUT2D eigenvalue weighted by Gasteiger charge is -2.40. The Hall–Kier alpha value is -2.65. The lowest BCUT2D eigenvalue weighted by molar-refractivity contribution is -0.202. The van der Waals surface area contributed by atoms with Crippen molar-refractivity contribution in [3.63, 3.8) is 0 Å². The molecule has 3 aliphatic heterocycles. The Morgan fingerprint density at radius 2 is 1.72 bits per heavy atom. The number of carbonyl (C=O) groups excluding carboxylic acids is 1. The van der Waals surface area contributed by atoms with Crippen molar-refractivity contribution < 1.29 is 27.4 Å². The molecular formula is C23H24F3N3O3. The quantitative estimate of drug-likeness (QED) is 0.721. The summed E-state index contributed by atoms with van der Waals surface area (Å²) >= 11 is 0. The maximum Gasteiger partial charge on any atom is 0.417 e. The highest BCUT2D eigenvalue weighted by Crippen LogP contribution is 2.36. The minimum Gasteiger partial charge on any atom is -0.375 e. The van der Waals surface area contributed by atoms with E-state index in [4.69, 9.17) is 9.47 Å². The van der Waals surface area contributed by atoms with Crippen LogP contribution in [0.3, 0.4) is 0 Å². The van der Waals surface area contributed by atoms with Crippen LogP contribution in [0.4, 0.5) is 19.0 Å². The van der Waals surface area contributed by atoms with E-state index in [0.717, 1.165) is 17.8 Å². The van der Waals surface area contributed by atoms with Crippen LogP contribution < -0.4 is 4.90 Å². The van der Waals surface area contributed by atoms with Crippen LogP contribution in [0.15, 0.2) is 42.6 Å². The molecule has 2 aromatic rings. The number of carbonyl (C=O) groups is 1. The van der Waals surface area contributed by atoms with E-state index in [0.29, 0.717) is 50.8 Å². The van der Waals surface area contributed by atoms with Crippen molar-refractivity contribution in [3.05, 3.63) is 59.3 Å². The highest BCUT2D eigenvalue weighted by atomic mass is 19.4. The van der Waals surface area contributed by atoms with Crippen LogP contribution in [-0.4, -0.2) is 62.3 Å². The van der Waals surface area contributed by atoms with Crippen molar-refractivity contribution in [2.45, 2.75) is 11.8 Å². The summed E-state index contributed by atoms with van der Waals surface area (Å²) in [7, 11) is 1.66. The van der Waals surface area contributed by atoms with Gasteiger partial charge in [0.15, 0.2) is 0 Å². The molecule has 5 rings (SSSR count). The van der Waals surface area contributed by atoms with Crippen molar-refractivity contribution in [2.24, 2.45) is 11.8 Å². The molecule has 2 atom stereocenters. The van der Waals surface area contributed by atoms with Crippen LogP contribution >= 0.6 is 0 Å². The number of aromatic nitrogens is 1. The molecule has 0 N–H and O–H groups in total. The second-order valence-corrected chi connectivity index (χ2v) is 8.81. The molecule has 1 amide bonds. The van der Waals surface area contributed by atoms with E-state index in [1.807, 2.05) is 34.1 Å². The van der Waals surface area contributed by atoms with Gasteiger partial charge in [-0.05, 0) is 29.8 Å². The van der Waals surface area contributed by atoms with Gasteiger partial charge >= 0.3 is 6.18 Å². The summed E-state index contributed by atoms with van der Waals surface area (Å²) in [5.41, 5.74) is 0.481. The number of anilines is 1. The molecule has 3 aliphatic rings. The number of halogens is 3. The van der Waals surface area contributed by atoms with E-state index in [-0.39, 0.29) is 17.7 Å². The summed E-state index contributed by atoms with van der Waals surface area (Å²) in [5.74, 6) is 1.12. The Kier molecular flexibility index (Phi) is 5.13. The van der Waals surface area contributed by atoms with Gasteiger partial charge in [0.1, 0.15) is 11.4 Å². The zero-order valence-electron chi connectivity index (χ0n) is 17.6. The Bertz CT molecular complexity index is 971. The standard InChI is InChI=1S/C23H24F3N3O3/c1-31-22(13-32-14-22)18-4-2-15(3-5-18)21(30)29-11-16-9-28(10-17(16)12-29)20-7-6-19(8-27-20)23(24,25)26/h2-8,16-17H,9-14H2,1H3. The lowest BCUT2D eigenvalue weighted by atomic mass is 9.91. The first-order valence-corrected chi connectivity index (χ1v) is 10.6. The largest absolute Gasteiger partial charge is 0.417 e. The van der Waals surface area contributed by atoms with Crippen LogP contribution in [-0.2, 0) is 21.3 Å². The molecule has 0 bridgehead atoms. The van der Waals surface area contributed by atoms with E-state index < -0.39 is 17.3 Å². The predicted molar refractivity (Wildman–Crippen MR) is 110 cm³/mol. The number of likely N-dealkylation sites (tertiary alicyclic amines) is 1. The summed E-state index contributed by atoms with van der Waals surface area (Å²) in [4.78, 5) is 20.9. The third-order valence-corrected chi connectivity index (χ3v) is 6.89. The van der Waals surface area contributed by atoms with Crippen LogP contribution in [0.5, 0.6) is 0 Å². The molecule has 0 radical (unpaired) electrons. The Morgan fingerprint density at radius 1 is 1.06 bits per heavy atom. The number of hydrogen-bond donors (Lipinski definition) is 0. The van der Waals surface area contributed by atoms with E-state index >= 15 is 0 Å². The summed E-state index contributed by atoms with van der Waals surface area (Å²) in [6.45, 7) is 3.66. The fourth-order valence-electron chi connectivity index (χ4n) is 4.88. The minimum absolute atomic E-state index is 0.00137. The van der Waals surface area contributed by atoms with Crippen LogP contribution in [0, 0.1) is 11.8 Å². The highest BCUT2D eigenvalue weighted by Gasteiger charge is 2.43. The van der Waals surface area contributed by atoms with Gasteiger partial charge in [0.05, 0.1) is 18.8 Å². The average Bonchev–Trinajstić information content (AvgIpc) is 3.32. The number of rotatable bonds is 4. The predicted octanol–water partition coefficient (Wildman–Crippen LogP) is 3.18. The van der Waals surface area contributed by atoms with Crippen molar-refractivity contribution in [1.29, 1.82) is 0 Å². The molecule has 9 heteroatoms. The lowest BCUT2D eigenvalue weighted by Crippen LogP contribution is -2.48. The molecule has 1 aromatic heterocycles. The minimum atomic E-state index is -4.39. The highest BCUT2D eigenvalue weighted by molar-refractivity contribution is 5.94. The molecule has 0 spiro atoms. The molecule has 3 fully saturated rings.